The second-order valence-electron chi connectivity index (χ2n) is 9.87. The second-order valence-corrected chi connectivity index (χ2v) is 9.87. The summed E-state index contributed by atoms with van der Waals surface area (Å²) in [4.78, 5) is 25.2. The van der Waals surface area contributed by atoms with Gasteiger partial charge < -0.3 is 24.8 Å². The first-order valence-electron chi connectivity index (χ1n) is 13.4. The summed E-state index contributed by atoms with van der Waals surface area (Å²) in [6, 6.07) is 11.3. The molecule has 1 atom stereocenters. The first-order valence-corrected chi connectivity index (χ1v) is 13.4. The minimum atomic E-state index is -0.625. The molecule has 1 amide bonds. The van der Waals surface area contributed by atoms with Gasteiger partial charge in [0.1, 0.15) is 18.5 Å². The minimum absolute atomic E-state index is 0.123. The number of fused-ring (bicyclic) bond motifs is 1. The average molecular weight is 547 g/mol. The Bertz CT molecular complexity index is 1480. The summed E-state index contributed by atoms with van der Waals surface area (Å²) in [6.45, 7) is 8.14. The van der Waals surface area contributed by atoms with Crippen LogP contribution in [0.1, 0.15) is 39.8 Å². The number of pyridine rings is 2. The molecule has 0 bridgehead atoms. The van der Waals surface area contributed by atoms with Crippen LogP contribution in [0.5, 0.6) is 5.75 Å². The largest absolute Gasteiger partial charge is 0.489 e. The number of nitrogens with one attached hydrogen (secondary N) is 1. The molecule has 212 valence electrons. The summed E-state index contributed by atoms with van der Waals surface area (Å²) in [5.74, 6) is 0.463. The van der Waals surface area contributed by atoms with E-state index in [1.165, 1.54) is 0 Å². The van der Waals surface area contributed by atoms with E-state index in [2.05, 4.69) is 10.4 Å². The van der Waals surface area contributed by atoms with Crippen LogP contribution >= 0.6 is 0 Å². The van der Waals surface area contributed by atoms with E-state index in [0.717, 1.165) is 28.8 Å². The number of aliphatic hydroxyl groups excluding tert-OH is 1. The van der Waals surface area contributed by atoms with Gasteiger partial charge in [0.05, 0.1) is 41.0 Å². The van der Waals surface area contributed by atoms with Gasteiger partial charge in [0, 0.05) is 50.4 Å². The van der Waals surface area contributed by atoms with Crippen molar-refractivity contribution in [2.24, 2.45) is 0 Å². The van der Waals surface area contributed by atoms with E-state index in [-0.39, 0.29) is 12.5 Å². The summed E-state index contributed by atoms with van der Waals surface area (Å²) in [5, 5.41) is 18.1. The number of aromatic nitrogens is 4. The number of carbonyl (C=O) groups is 1. The number of likely N-dealkylation sites (N-methyl/N-ethyl adjacent to an activating group) is 1. The molecule has 10 nitrogen and oxygen atoms in total. The number of hydrogen-bond acceptors (Lipinski definition) is 8. The molecule has 0 aliphatic carbocycles. The maximum atomic E-state index is 13.9. The molecule has 0 aliphatic heterocycles. The van der Waals surface area contributed by atoms with E-state index in [0.29, 0.717) is 53.6 Å². The van der Waals surface area contributed by atoms with Gasteiger partial charge in [0.25, 0.3) is 5.91 Å². The van der Waals surface area contributed by atoms with Gasteiger partial charge in [-0.15, -0.1) is 0 Å². The topological polar surface area (TPSA) is 115 Å². The van der Waals surface area contributed by atoms with E-state index >= 15 is 0 Å². The quantitative estimate of drug-likeness (QED) is 0.278. The van der Waals surface area contributed by atoms with Crippen molar-refractivity contribution in [3.63, 3.8) is 0 Å². The Balaban J connectivity index is 1.70. The lowest BCUT2D eigenvalue weighted by Crippen LogP contribution is -2.29. The fourth-order valence-corrected chi connectivity index (χ4v) is 4.65. The van der Waals surface area contributed by atoms with Crippen molar-refractivity contribution in [3.05, 3.63) is 70.7 Å². The van der Waals surface area contributed by atoms with E-state index in [4.69, 9.17) is 19.4 Å². The number of aryl methyl sites for hydroxylation is 2. The predicted molar refractivity (Wildman–Crippen MR) is 154 cm³/mol. The summed E-state index contributed by atoms with van der Waals surface area (Å²) in [7, 11) is 5.22. The Morgan fingerprint density at radius 1 is 1.15 bits per heavy atom. The van der Waals surface area contributed by atoms with Crippen molar-refractivity contribution in [2.75, 3.05) is 34.4 Å². The van der Waals surface area contributed by atoms with Crippen molar-refractivity contribution in [1.29, 1.82) is 0 Å². The van der Waals surface area contributed by atoms with Crippen molar-refractivity contribution < 1.29 is 19.4 Å². The van der Waals surface area contributed by atoms with E-state index in [1.54, 1.807) is 32.2 Å². The highest BCUT2D eigenvalue weighted by atomic mass is 16.5. The van der Waals surface area contributed by atoms with Gasteiger partial charge in [-0.2, -0.15) is 5.10 Å². The van der Waals surface area contributed by atoms with Crippen molar-refractivity contribution in [3.8, 4) is 17.1 Å². The van der Waals surface area contributed by atoms with Crippen LogP contribution in [-0.2, 0) is 24.4 Å². The third kappa shape index (κ3) is 6.47. The molecule has 0 saturated carbocycles. The smallest absolute Gasteiger partial charge is 0.254 e. The molecular formula is C30H38N6O4. The SMILES string of the molecule is CCn1ncc(CN(C)C(=O)c2cc(-c3ccc(OCC(O)CNC)c(C)n3)nc3ccc(COC)cc23)c1C. The Kier molecular flexibility index (Phi) is 9.46. The van der Waals surface area contributed by atoms with Crippen molar-refractivity contribution >= 4 is 16.8 Å². The normalized spacial score (nSPS) is 12.1. The molecule has 4 rings (SSSR count). The predicted octanol–water partition coefficient (Wildman–Crippen LogP) is 3.51. The molecule has 10 heteroatoms. The maximum Gasteiger partial charge on any atom is 0.254 e. The van der Waals surface area contributed by atoms with Crippen LogP contribution in [0.25, 0.3) is 22.3 Å². The molecule has 0 fully saturated rings. The number of benzene rings is 1. The van der Waals surface area contributed by atoms with Crippen LogP contribution in [0.4, 0.5) is 0 Å². The number of nitrogens with zero attached hydrogens (tertiary/aromatic N) is 5. The first-order chi connectivity index (χ1) is 19.2. The molecule has 3 heterocycles. The number of hydrogen-bond donors (Lipinski definition) is 2. The van der Waals surface area contributed by atoms with Crippen LogP contribution in [0.2, 0.25) is 0 Å². The summed E-state index contributed by atoms with van der Waals surface area (Å²) >= 11 is 0. The number of carbonyl (C=O) groups excluding carboxylic acids is 1. The van der Waals surface area contributed by atoms with Gasteiger partial charge in [-0.1, -0.05) is 6.07 Å². The average Bonchev–Trinajstić information content (AvgIpc) is 3.30. The van der Waals surface area contributed by atoms with Crippen LogP contribution in [0, 0.1) is 13.8 Å². The molecule has 1 unspecified atom stereocenters. The lowest BCUT2D eigenvalue weighted by Gasteiger charge is -2.19. The molecule has 0 spiro atoms. The lowest BCUT2D eigenvalue weighted by atomic mass is 10.0. The molecule has 1 aromatic carbocycles. The maximum absolute atomic E-state index is 13.9. The highest BCUT2D eigenvalue weighted by molar-refractivity contribution is 6.07. The van der Waals surface area contributed by atoms with Gasteiger partial charge in [-0.25, -0.2) is 9.97 Å². The molecule has 0 radical (unpaired) electrons. The summed E-state index contributed by atoms with van der Waals surface area (Å²) in [5.41, 5.74) is 6.12. The lowest BCUT2D eigenvalue weighted by molar-refractivity contribution is 0.0786. The second kappa shape index (κ2) is 13.0. The summed E-state index contributed by atoms with van der Waals surface area (Å²) in [6.07, 6.45) is 1.20. The highest BCUT2D eigenvalue weighted by Gasteiger charge is 2.20. The van der Waals surface area contributed by atoms with E-state index in [1.807, 2.05) is 62.0 Å². The van der Waals surface area contributed by atoms with Crippen LogP contribution in [0.3, 0.4) is 0 Å². The van der Waals surface area contributed by atoms with Gasteiger partial charge >= 0.3 is 0 Å². The minimum Gasteiger partial charge on any atom is -0.489 e. The zero-order valence-corrected chi connectivity index (χ0v) is 24.1. The highest BCUT2D eigenvalue weighted by Crippen LogP contribution is 2.28. The standard InChI is InChI=1S/C30H38N6O4/c1-7-36-20(3)22(14-32-36)16-35(5)30(38)25-13-28(34-26-9-8-21(17-39-6)12-24(25)26)27-10-11-29(19(2)33-27)40-18-23(37)15-31-4/h8-14,23,31,37H,7,15-18H2,1-6H3. The molecule has 3 aromatic heterocycles. The fourth-order valence-electron chi connectivity index (χ4n) is 4.65. The van der Waals surface area contributed by atoms with Gasteiger partial charge in [-0.05, 0) is 63.7 Å². The third-order valence-electron chi connectivity index (χ3n) is 6.84. The molecule has 4 aromatic rings. The zero-order valence-electron chi connectivity index (χ0n) is 24.1. The first kappa shape index (κ1) is 29.1. The van der Waals surface area contributed by atoms with Crippen molar-refractivity contribution in [1.82, 2.24) is 30.0 Å². The van der Waals surface area contributed by atoms with E-state index in [9.17, 15) is 9.90 Å². The fraction of sp³-hybridized carbons (Fsp3) is 0.400. The van der Waals surface area contributed by atoms with Gasteiger partial charge in [0.15, 0.2) is 0 Å². The Hall–Kier alpha value is -3.86. The Morgan fingerprint density at radius 2 is 1.95 bits per heavy atom. The van der Waals surface area contributed by atoms with Crippen LogP contribution in [0.15, 0.2) is 42.6 Å². The Labute approximate surface area is 235 Å². The molecule has 2 N–H and O–H groups in total. The third-order valence-corrected chi connectivity index (χ3v) is 6.84. The van der Waals surface area contributed by atoms with E-state index < -0.39 is 6.10 Å². The number of aliphatic hydroxyl groups is 1. The van der Waals surface area contributed by atoms with Crippen LogP contribution < -0.4 is 10.1 Å². The zero-order chi connectivity index (χ0) is 28.8. The molecule has 0 aliphatic rings. The molecule has 40 heavy (non-hydrogen) atoms. The summed E-state index contributed by atoms with van der Waals surface area (Å²) < 4.78 is 13.0. The number of methoxy groups -OCH3 is 1. The number of rotatable bonds is 12. The number of ether oxygens (including phenoxy) is 2. The van der Waals surface area contributed by atoms with Crippen molar-refractivity contribution in [2.45, 2.75) is 46.6 Å². The monoisotopic (exact) mass is 546 g/mol. The van der Waals surface area contributed by atoms with Crippen LogP contribution in [-0.4, -0.2) is 76.1 Å². The van der Waals surface area contributed by atoms with Gasteiger partial charge in [0.2, 0.25) is 0 Å². The number of amides is 1. The Morgan fingerprint density at radius 3 is 2.62 bits per heavy atom. The van der Waals surface area contributed by atoms with Gasteiger partial charge in [-0.3, -0.25) is 9.48 Å². The molecule has 0 saturated heterocycles. The molecular weight excluding hydrogens is 508 g/mol.